The average molecular weight is 464 g/mol. The molecule has 176 valence electrons. The van der Waals surface area contributed by atoms with Gasteiger partial charge in [-0.05, 0) is 61.2 Å². The lowest BCUT2D eigenvalue weighted by atomic mass is 9.92. The van der Waals surface area contributed by atoms with Crippen molar-refractivity contribution in [2.75, 3.05) is 0 Å². The van der Waals surface area contributed by atoms with Crippen molar-refractivity contribution in [3.63, 3.8) is 0 Å². The van der Waals surface area contributed by atoms with E-state index in [1.807, 2.05) is 86.6 Å². The summed E-state index contributed by atoms with van der Waals surface area (Å²) >= 11 is 0. The maximum absolute atomic E-state index is 13.7. The molecule has 0 radical (unpaired) electrons. The summed E-state index contributed by atoms with van der Waals surface area (Å²) in [5.74, 6) is 0.754. The third-order valence-corrected chi connectivity index (χ3v) is 5.84. The third kappa shape index (κ3) is 5.33. The average Bonchev–Trinajstić information content (AvgIpc) is 2.87. The third-order valence-electron chi connectivity index (χ3n) is 5.84. The van der Waals surface area contributed by atoms with Gasteiger partial charge in [0.2, 0.25) is 0 Å². The minimum atomic E-state index is -0.116. The second-order valence-corrected chi connectivity index (χ2v) is 8.75. The molecule has 0 saturated heterocycles. The van der Waals surface area contributed by atoms with Crippen LogP contribution in [-0.2, 0) is 12.8 Å². The summed E-state index contributed by atoms with van der Waals surface area (Å²) in [4.78, 5) is 18.4. The normalized spacial score (nSPS) is 10.8. The highest BCUT2D eigenvalue weighted by Gasteiger charge is 2.17. The van der Waals surface area contributed by atoms with Crippen LogP contribution in [0.4, 0.5) is 0 Å². The molecule has 4 rings (SSSR count). The minimum absolute atomic E-state index is 0.0751. The molecule has 0 spiro atoms. The van der Waals surface area contributed by atoms with E-state index in [9.17, 15) is 10.1 Å². The molecular formula is C30H29N3O2. The molecule has 0 aliphatic rings. The molecule has 0 aliphatic heterocycles. The van der Waals surface area contributed by atoms with Crippen LogP contribution in [0.25, 0.3) is 16.8 Å². The molecule has 0 atom stereocenters. The van der Waals surface area contributed by atoms with E-state index in [4.69, 9.17) is 4.74 Å². The molecule has 0 aliphatic carbocycles. The summed E-state index contributed by atoms with van der Waals surface area (Å²) in [5.41, 5.74) is 5.27. The number of hydrogen-bond donors (Lipinski definition) is 0. The standard InChI is InChI=1S/C30H29N3O2/c1-4-9-29-27(18-23-12-8-13-26(28(23)19-31)22-10-6-5-7-11-22)30(34)33(20-32-29)24-14-16-25(17-15-24)35-21(2)3/h5-8,10-17,20-21H,4,9,18H2,1-3H3. The first-order chi connectivity index (χ1) is 17.0. The zero-order chi connectivity index (χ0) is 24.8. The molecule has 5 nitrogen and oxygen atoms in total. The Balaban J connectivity index is 1.78. The first-order valence-electron chi connectivity index (χ1n) is 12.0. The van der Waals surface area contributed by atoms with Crippen LogP contribution in [0, 0.1) is 11.3 Å². The summed E-state index contributed by atoms with van der Waals surface area (Å²) in [7, 11) is 0. The van der Waals surface area contributed by atoms with Crippen LogP contribution >= 0.6 is 0 Å². The Morgan fingerprint density at radius 2 is 1.74 bits per heavy atom. The fourth-order valence-corrected chi connectivity index (χ4v) is 4.23. The molecule has 4 aromatic rings. The van der Waals surface area contributed by atoms with Gasteiger partial charge in [0.1, 0.15) is 18.1 Å². The monoisotopic (exact) mass is 463 g/mol. The van der Waals surface area contributed by atoms with Gasteiger partial charge in [-0.1, -0.05) is 61.9 Å². The van der Waals surface area contributed by atoms with Gasteiger partial charge in [-0.2, -0.15) is 5.26 Å². The molecule has 0 saturated carbocycles. The molecular weight excluding hydrogens is 434 g/mol. The number of benzene rings is 3. The molecule has 0 fully saturated rings. The van der Waals surface area contributed by atoms with Crippen LogP contribution in [0.5, 0.6) is 5.75 Å². The Kier molecular flexibility index (Phi) is 7.42. The summed E-state index contributed by atoms with van der Waals surface area (Å²) in [5, 5.41) is 10.0. The fourth-order valence-electron chi connectivity index (χ4n) is 4.23. The molecule has 0 amide bonds. The highest BCUT2D eigenvalue weighted by molar-refractivity contribution is 5.72. The second-order valence-electron chi connectivity index (χ2n) is 8.75. The van der Waals surface area contributed by atoms with Crippen molar-refractivity contribution in [2.24, 2.45) is 0 Å². The van der Waals surface area contributed by atoms with Crippen molar-refractivity contribution in [1.82, 2.24) is 9.55 Å². The number of aromatic nitrogens is 2. The second kappa shape index (κ2) is 10.8. The van der Waals surface area contributed by atoms with Crippen LogP contribution in [0.2, 0.25) is 0 Å². The van der Waals surface area contributed by atoms with Gasteiger partial charge in [0, 0.05) is 12.0 Å². The number of aryl methyl sites for hydroxylation is 1. The van der Waals surface area contributed by atoms with E-state index < -0.39 is 0 Å². The van der Waals surface area contributed by atoms with Crippen LogP contribution in [-0.4, -0.2) is 15.7 Å². The molecule has 1 aromatic heterocycles. The van der Waals surface area contributed by atoms with Gasteiger partial charge in [0.05, 0.1) is 23.0 Å². The van der Waals surface area contributed by atoms with Gasteiger partial charge in [-0.15, -0.1) is 0 Å². The van der Waals surface area contributed by atoms with Crippen LogP contribution < -0.4 is 10.3 Å². The van der Waals surface area contributed by atoms with Gasteiger partial charge in [-0.3, -0.25) is 9.36 Å². The van der Waals surface area contributed by atoms with Gasteiger partial charge in [-0.25, -0.2) is 4.98 Å². The van der Waals surface area contributed by atoms with Crippen molar-refractivity contribution in [2.45, 2.75) is 46.1 Å². The quantitative estimate of drug-likeness (QED) is 0.317. The van der Waals surface area contributed by atoms with E-state index in [0.717, 1.165) is 40.2 Å². The first kappa shape index (κ1) is 24.0. The zero-order valence-corrected chi connectivity index (χ0v) is 20.4. The Morgan fingerprint density at radius 3 is 2.40 bits per heavy atom. The molecule has 0 bridgehead atoms. The van der Waals surface area contributed by atoms with Crippen molar-refractivity contribution >= 4 is 0 Å². The van der Waals surface area contributed by atoms with Gasteiger partial charge in [0.25, 0.3) is 5.56 Å². The number of hydrogen-bond acceptors (Lipinski definition) is 4. The predicted octanol–water partition coefficient (Wildman–Crippen LogP) is 6.10. The summed E-state index contributed by atoms with van der Waals surface area (Å²) < 4.78 is 7.30. The Labute approximate surface area is 206 Å². The van der Waals surface area contributed by atoms with E-state index in [1.54, 1.807) is 10.9 Å². The maximum Gasteiger partial charge on any atom is 0.261 e. The number of rotatable bonds is 8. The zero-order valence-electron chi connectivity index (χ0n) is 20.4. The lowest BCUT2D eigenvalue weighted by molar-refractivity contribution is 0.242. The summed E-state index contributed by atoms with van der Waals surface area (Å²) in [6.45, 7) is 6.02. The lowest BCUT2D eigenvalue weighted by Crippen LogP contribution is -2.25. The molecule has 3 aromatic carbocycles. The highest BCUT2D eigenvalue weighted by atomic mass is 16.5. The van der Waals surface area contributed by atoms with Gasteiger partial charge >= 0.3 is 0 Å². The van der Waals surface area contributed by atoms with E-state index in [2.05, 4.69) is 18.0 Å². The van der Waals surface area contributed by atoms with Gasteiger partial charge in [0.15, 0.2) is 0 Å². The van der Waals surface area contributed by atoms with Crippen molar-refractivity contribution in [3.8, 4) is 28.6 Å². The predicted molar refractivity (Wildman–Crippen MR) is 139 cm³/mol. The van der Waals surface area contributed by atoms with E-state index in [1.165, 1.54) is 0 Å². The number of nitrogens with zero attached hydrogens (tertiary/aromatic N) is 3. The smallest absolute Gasteiger partial charge is 0.261 e. The van der Waals surface area contributed by atoms with Crippen LogP contribution in [0.15, 0.2) is 83.9 Å². The largest absolute Gasteiger partial charge is 0.491 e. The number of nitriles is 1. The highest BCUT2D eigenvalue weighted by Crippen LogP contribution is 2.27. The molecule has 35 heavy (non-hydrogen) atoms. The van der Waals surface area contributed by atoms with Crippen LogP contribution in [0.3, 0.4) is 0 Å². The van der Waals surface area contributed by atoms with Crippen molar-refractivity contribution in [1.29, 1.82) is 5.26 Å². The molecule has 0 N–H and O–H groups in total. The lowest BCUT2D eigenvalue weighted by Gasteiger charge is -2.15. The number of ether oxygens (including phenoxy) is 1. The summed E-state index contributed by atoms with van der Waals surface area (Å²) in [6.07, 6.45) is 3.60. The van der Waals surface area contributed by atoms with Crippen molar-refractivity contribution in [3.05, 3.63) is 112 Å². The topological polar surface area (TPSA) is 67.9 Å². The van der Waals surface area contributed by atoms with Crippen LogP contribution in [0.1, 0.15) is 49.6 Å². The molecule has 1 heterocycles. The fraction of sp³-hybridized carbons (Fsp3) is 0.233. The minimum Gasteiger partial charge on any atom is -0.491 e. The van der Waals surface area contributed by atoms with E-state index >= 15 is 0 Å². The van der Waals surface area contributed by atoms with Gasteiger partial charge < -0.3 is 4.74 Å². The molecule has 5 heteroatoms. The Morgan fingerprint density at radius 1 is 1.00 bits per heavy atom. The van der Waals surface area contributed by atoms with Crippen molar-refractivity contribution < 1.29 is 4.74 Å². The summed E-state index contributed by atoms with van der Waals surface area (Å²) in [6, 6.07) is 25.5. The Bertz CT molecular complexity index is 1400. The maximum atomic E-state index is 13.7. The SMILES string of the molecule is CCCc1ncn(-c2ccc(OC(C)C)cc2)c(=O)c1Cc1cccc(-c2ccccc2)c1C#N. The molecule has 0 unspecified atom stereocenters. The Hall–Kier alpha value is -4.17. The van der Waals surface area contributed by atoms with E-state index in [0.29, 0.717) is 24.0 Å². The first-order valence-corrected chi connectivity index (χ1v) is 12.0. The van der Waals surface area contributed by atoms with E-state index in [-0.39, 0.29) is 11.7 Å².